The number of aryl methyl sites for hydroxylation is 1. The van der Waals surface area contributed by atoms with Crippen molar-refractivity contribution in [2.75, 3.05) is 6.61 Å². The Kier molecular flexibility index (Phi) is 7.47. The minimum Gasteiger partial charge on any atom is -0.493 e. The van der Waals surface area contributed by atoms with Gasteiger partial charge in [0.05, 0.1) is 12.2 Å². The Morgan fingerprint density at radius 2 is 1.84 bits per heavy atom. The summed E-state index contributed by atoms with van der Waals surface area (Å²) in [6.45, 7) is 2.51. The van der Waals surface area contributed by atoms with Crippen molar-refractivity contribution in [2.24, 2.45) is 0 Å². The van der Waals surface area contributed by atoms with Gasteiger partial charge in [-0.3, -0.25) is 20.4 Å². The lowest BCUT2D eigenvalue weighted by Crippen LogP contribution is -2.41. The Labute approximate surface area is 155 Å². The standard InChI is InChI=1S/C19H21BrN2O3/c1-2-12-25-17-10-9-15(20)13-16(17)19(24)22-21-18(23)11-8-14-6-4-3-5-7-14/h3-7,9-10,13H,2,8,11-12H2,1H3,(H,21,23)(H,22,24). The molecule has 0 unspecified atom stereocenters. The molecule has 0 spiro atoms. The normalized spacial score (nSPS) is 10.2. The van der Waals surface area contributed by atoms with Crippen molar-refractivity contribution in [1.29, 1.82) is 0 Å². The highest BCUT2D eigenvalue weighted by Crippen LogP contribution is 2.23. The molecule has 132 valence electrons. The van der Waals surface area contributed by atoms with Crippen LogP contribution in [0.5, 0.6) is 5.75 Å². The molecule has 2 amide bonds. The number of hydrogen-bond acceptors (Lipinski definition) is 3. The Morgan fingerprint density at radius 1 is 1.08 bits per heavy atom. The lowest BCUT2D eigenvalue weighted by molar-refractivity contribution is -0.121. The fourth-order valence-corrected chi connectivity index (χ4v) is 2.54. The average molecular weight is 405 g/mol. The second kappa shape index (κ2) is 9.84. The van der Waals surface area contributed by atoms with Crippen molar-refractivity contribution in [3.8, 4) is 5.75 Å². The van der Waals surface area contributed by atoms with Crippen LogP contribution >= 0.6 is 15.9 Å². The third-order valence-corrected chi connectivity index (χ3v) is 3.94. The minimum absolute atomic E-state index is 0.247. The van der Waals surface area contributed by atoms with Crippen molar-refractivity contribution in [3.63, 3.8) is 0 Å². The first-order valence-corrected chi connectivity index (χ1v) is 8.95. The molecule has 6 heteroatoms. The van der Waals surface area contributed by atoms with Gasteiger partial charge in [-0.25, -0.2) is 0 Å². The Hall–Kier alpha value is -2.34. The van der Waals surface area contributed by atoms with Gasteiger partial charge in [0.15, 0.2) is 0 Å². The molecule has 0 saturated carbocycles. The number of halogens is 1. The summed E-state index contributed by atoms with van der Waals surface area (Å²) in [5, 5.41) is 0. The van der Waals surface area contributed by atoms with E-state index in [1.54, 1.807) is 18.2 Å². The molecule has 0 atom stereocenters. The molecule has 0 aliphatic rings. The fourth-order valence-electron chi connectivity index (χ4n) is 2.18. The molecule has 0 heterocycles. The van der Waals surface area contributed by atoms with Crippen LogP contribution < -0.4 is 15.6 Å². The zero-order chi connectivity index (χ0) is 18.1. The first-order chi connectivity index (χ1) is 12.1. The van der Waals surface area contributed by atoms with Crippen molar-refractivity contribution >= 4 is 27.7 Å². The zero-order valence-electron chi connectivity index (χ0n) is 14.0. The molecule has 0 fully saturated rings. The monoisotopic (exact) mass is 404 g/mol. The molecule has 0 bridgehead atoms. The number of hydrazine groups is 1. The quantitative estimate of drug-likeness (QED) is 0.692. The van der Waals surface area contributed by atoms with Gasteiger partial charge in [0.25, 0.3) is 5.91 Å². The second-order valence-electron chi connectivity index (χ2n) is 5.48. The predicted octanol–water partition coefficient (Wildman–Crippen LogP) is 3.63. The molecule has 0 aromatic heterocycles. The molecule has 2 N–H and O–H groups in total. The van der Waals surface area contributed by atoms with Gasteiger partial charge in [0, 0.05) is 10.9 Å². The van der Waals surface area contributed by atoms with Gasteiger partial charge in [-0.05, 0) is 36.6 Å². The van der Waals surface area contributed by atoms with E-state index >= 15 is 0 Å². The third kappa shape index (κ3) is 6.23. The van der Waals surface area contributed by atoms with E-state index in [-0.39, 0.29) is 5.91 Å². The van der Waals surface area contributed by atoms with Gasteiger partial charge in [0.2, 0.25) is 5.91 Å². The van der Waals surface area contributed by atoms with Crippen LogP contribution in [0.15, 0.2) is 53.0 Å². The number of carbonyl (C=O) groups excluding carboxylic acids is 2. The van der Waals surface area contributed by atoms with E-state index < -0.39 is 5.91 Å². The molecular formula is C19H21BrN2O3. The van der Waals surface area contributed by atoms with E-state index in [1.807, 2.05) is 37.3 Å². The largest absolute Gasteiger partial charge is 0.493 e. The van der Waals surface area contributed by atoms with Crippen molar-refractivity contribution in [3.05, 3.63) is 64.1 Å². The number of benzene rings is 2. The number of carbonyl (C=O) groups is 2. The highest BCUT2D eigenvalue weighted by Gasteiger charge is 2.14. The van der Waals surface area contributed by atoms with Crippen molar-refractivity contribution in [2.45, 2.75) is 26.2 Å². The van der Waals surface area contributed by atoms with E-state index in [4.69, 9.17) is 4.74 Å². The number of rotatable bonds is 7. The minimum atomic E-state index is -0.416. The molecule has 25 heavy (non-hydrogen) atoms. The molecule has 0 aliphatic carbocycles. The van der Waals surface area contributed by atoms with Gasteiger partial charge >= 0.3 is 0 Å². The van der Waals surface area contributed by atoms with Crippen molar-refractivity contribution < 1.29 is 14.3 Å². The molecule has 2 aromatic carbocycles. The number of nitrogens with one attached hydrogen (secondary N) is 2. The summed E-state index contributed by atoms with van der Waals surface area (Å²) in [4.78, 5) is 24.2. The molecule has 5 nitrogen and oxygen atoms in total. The summed E-state index contributed by atoms with van der Waals surface area (Å²) in [6, 6.07) is 14.9. The van der Waals surface area contributed by atoms with Crippen LogP contribution in [0.25, 0.3) is 0 Å². The predicted molar refractivity (Wildman–Crippen MR) is 100 cm³/mol. The molecule has 2 rings (SSSR count). The van der Waals surface area contributed by atoms with Gasteiger partial charge in [-0.15, -0.1) is 0 Å². The Bertz CT molecular complexity index is 720. The van der Waals surface area contributed by atoms with E-state index in [9.17, 15) is 9.59 Å². The number of amides is 2. The highest BCUT2D eigenvalue weighted by atomic mass is 79.9. The fraction of sp³-hybridized carbons (Fsp3) is 0.263. The average Bonchev–Trinajstić information content (AvgIpc) is 2.64. The summed E-state index contributed by atoms with van der Waals surface area (Å²) in [5.41, 5.74) is 6.33. The summed E-state index contributed by atoms with van der Waals surface area (Å²) >= 11 is 3.34. The molecule has 2 aromatic rings. The molecular weight excluding hydrogens is 384 g/mol. The second-order valence-corrected chi connectivity index (χ2v) is 6.39. The topological polar surface area (TPSA) is 67.4 Å². The van der Waals surface area contributed by atoms with E-state index in [1.165, 1.54) is 0 Å². The summed E-state index contributed by atoms with van der Waals surface area (Å²) in [7, 11) is 0. The van der Waals surface area contributed by atoms with Crippen molar-refractivity contribution in [1.82, 2.24) is 10.9 Å². The number of ether oxygens (including phenoxy) is 1. The first-order valence-electron chi connectivity index (χ1n) is 8.15. The van der Waals surface area contributed by atoms with Crippen LogP contribution in [0.2, 0.25) is 0 Å². The van der Waals surface area contributed by atoms with E-state index in [0.29, 0.717) is 30.8 Å². The van der Waals surface area contributed by atoms with Gasteiger partial charge < -0.3 is 4.74 Å². The molecule has 0 saturated heterocycles. The maximum atomic E-state index is 12.3. The summed E-state index contributed by atoms with van der Waals surface area (Å²) < 4.78 is 6.34. The highest BCUT2D eigenvalue weighted by molar-refractivity contribution is 9.10. The smallest absolute Gasteiger partial charge is 0.273 e. The maximum absolute atomic E-state index is 12.3. The Balaban J connectivity index is 1.89. The lowest BCUT2D eigenvalue weighted by atomic mass is 10.1. The third-order valence-electron chi connectivity index (χ3n) is 3.45. The molecule has 0 radical (unpaired) electrons. The number of hydrogen-bond donors (Lipinski definition) is 2. The summed E-state index contributed by atoms with van der Waals surface area (Å²) in [6.07, 6.45) is 1.75. The van der Waals surface area contributed by atoms with E-state index in [2.05, 4.69) is 26.8 Å². The van der Waals surface area contributed by atoms with Gasteiger partial charge in [-0.1, -0.05) is 53.2 Å². The van der Waals surface area contributed by atoms with Crippen LogP contribution in [0, 0.1) is 0 Å². The van der Waals surface area contributed by atoms with Crippen LogP contribution in [0.3, 0.4) is 0 Å². The van der Waals surface area contributed by atoms with Gasteiger partial charge in [0.1, 0.15) is 5.75 Å². The maximum Gasteiger partial charge on any atom is 0.273 e. The van der Waals surface area contributed by atoms with Crippen LogP contribution in [-0.2, 0) is 11.2 Å². The lowest BCUT2D eigenvalue weighted by Gasteiger charge is -2.12. The summed E-state index contributed by atoms with van der Waals surface area (Å²) in [5.74, 6) is -0.176. The van der Waals surface area contributed by atoms with E-state index in [0.717, 1.165) is 16.5 Å². The first kappa shape index (κ1) is 19.0. The Morgan fingerprint density at radius 3 is 2.56 bits per heavy atom. The zero-order valence-corrected chi connectivity index (χ0v) is 15.6. The van der Waals surface area contributed by atoms with Crippen LogP contribution in [-0.4, -0.2) is 18.4 Å². The van der Waals surface area contributed by atoms with Gasteiger partial charge in [-0.2, -0.15) is 0 Å². The SMILES string of the molecule is CCCOc1ccc(Br)cc1C(=O)NNC(=O)CCc1ccccc1. The van der Waals surface area contributed by atoms with Crippen LogP contribution in [0.1, 0.15) is 35.7 Å². The van der Waals surface area contributed by atoms with Crippen LogP contribution in [0.4, 0.5) is 0 Å². The molecule has 0 aliphatic heterocycles.